The van der Waals surface area contributed by atoms with Crippen molar-refractivity contribution in [3.63, 3.8) is 0 Å². The first kappa shape index (κ1) is 13.9. The average molecular weight is 279 g/mol. The van der Waals surface area contributed by atoms with Crippen molar-refractivity contribution in [3.05, 3.63) is 58.9 Å². The van der Waals surface area contributed by atoms with Crippen molar-refractivity contribution < 1.29 is 23.5 Å². The third-order valence-electron chi connectivity index (χ3n) is 2.93. The number of halogens is 2. The summed E-state index contributed by atoms with van der Waals surface area (Å²) in [4.78, 5) is 22.8. The second kappa shape index (κ2) is 5.24. The van der Waals surface area contributed by atoms with Gasteiger partial charge in [0.1, 0.15) is 5.69 Å². The summed E-state index contributed by atoms with van der Waals surface area (Å²) < 4.78 is 27.8. The number of carbonyl (C=O) groups is 2. The minimum atomic E-state index is -1.16. The molecule has 0 spiro atoms. The number of ketones is 1. The van der Waals surface area contributed by atoms with E-state index in [2.05, 4.69) is 0 Å². The van der Waals surface area contributed by atoms with E-state index in [1.54, 1.807) is 0 Å². The molecule has 1 aromatic carbocycles. The number of aromatic nitrogens is 1. The van der Waals surface area contributed by atoms with Gasteiger partial charge in [-0.25, -0.2) is 13.6 Å². The smallest absolute Gasteiger partial charge is 0.352 e. The van der Waals surface area contributed by atoms with Crippen molar-refractivity contribution in [2.24, 2.45) is 7.05 Å². The number of benzene rings is 1. The van der Waals surface area contributed by atoms with Crippen LogP contribution in [0.15, 0.2) is 30.5 Å². The number of carboxylic acid groups (broad SMARTS) is 1. The fourth-order valence-corrected chi connectivity index (χ4v) is 1.89. The van der Waals surface area contributed by atoms with Crippen LogP contribution >= 0.6 is 0 Å². The van der Waals surface area contributed by atoms with E-state index in [0.29, 0.717) is 0 Å². The average Bonchev–Trinajstić information content (AvgIpc) is 2.77. The molecular formula is C14H11F2NO3. The van der Waals surface area contributed by atoms with Gasteiger partial charge in [-0.2, -0.15) is 0 Å². The highest BCUT2D eigenvalue weighted by Crippen LogP contribution is 2.16. The zero-order valence-electron chi connectivity index (χ0n) is 10.6. The molecule has 1 heterocycles. The minimum absolute atomic E-state index is 0.0481. The Morgan fingerprint density at radius 2 is 2.00 bits per heavy atom. The van der Waals surface area contributed by atoms with Crippen molar-refractivity contribution in [1.82, 2.24) is 4.57 Å². The van der Waals surface area contributed by atoms with E-state index in [4.69, 9.17) is 5.11 Å². The summed E-state index contributed by atoms with van der Waals surface area (Å²) in [5, 5.41) is 8.89. The number of nitrogens with zero attached hydrogens (tertiary/aromatic N) is 1. The van der Waals surface area contributed by atoms with Crippen LogP contribution in [0.5, 0.6) is 0 Å². The van der Waals surface area contributed by atoms with Crippen LogP contribution in [0.3, 0.4) is 0 Å². The number of carbonyl (C=O) groups excluding carboxylic acids is 1. The molecule has 104 valence electrons. The molecule has 0 amide bonds. The molecular weight excluding hydrogens is 268 g/mol. The first-order valence-electron chi connectivity index (χ1n) is 5.76. The van der Waals surface area contributed by atoms with E-state index in [-0.39, 0.29) is 23.2 Å². The highest BCUT2D eigenvalue weighted by atomic mass is 19.2. The lowest BCUT2D eigenvalue weighted by Gasteiger charge is -2.02. The Morgan fingerprint density at radius 1 is 1.30 bits per heavy atom. The Bertz CT molecular complexity index is 692. The number of carboxylic acids is 1. The van der Waals surface area contributed by atoms with Crippen molar-refractivity contribution >= 4 is 11.8 Å². The van der Waals surface area contributed by atoms with Gasteiger partial charge in [-0.15, -0.1) is 0 Å². The van der Waals surface area contributed by atoms with E-state index in [1.165, 1.54) is 36.0 Å². The topological polar surface area (TPSA) is 59.3 Å². The van der Waals surface area contributed by atoms with Crippen molar-refractivity contribution in [2.45, 2.75) is 6.42 Å². The van der Waals surface area contributed by atoms with Gasteiger partial charge < -0.3 is 9.67 Å². The van der Waals surface area contributed by atoms with Crippen molar-refractivity contribution in [2.75, 3.05) is 0 Å². The summed E-state index contributed by atoms with van der Waals surface area (Å²) in [6.07, 6.45) is 1.02. The molecule has 0 aliphatic heterocycles. The molecule has 0 atom stereocenters. The molecule has 0 unspecified atom stereocenters. The number of hydrogen-bond donors (Lipinski definition) is 1. The Hall–Kier alpha value is -2.50. The molecule has 0 saturated carbocycles. The van der Waals surface area contributed by atoms with Crippen LogP contribution in [0.2, 0.25) is 0 Å². The maximum absolute atomic E-state index is 13.5. The molecule has 0 radical (unpaired) electrons. The number of Topliss-reactive ketones (excluding diaryl/α,β-unsaturated/α-hetero) is 1. The molecule has 0 bridgehead atoms. The Labute approximate surface area is 113 Å². The Morgan fingerprint density at radius 3 is 2.60 bits per heavy atom. The Balaban J connectivity index is 2.26. The fourth-order valence-electron chi connectivity index (χ4n) is 1.89. The van der Waals surface area contributed by atoms with E-state index >= 15 is 0 Å². The second-order valence-electron chi connectivity index (χ2n) is 4.34. The predicted octanol–water partition coefficient (Wildman–Crippen LogP) is 2.43. The minimum Gasteiger partial charge on any atom is -0.477 e. The Kier molecular flexibility index (Phi) is 3.65. The van der Waals surface area contributed by atoms with Gasteiger partial charge in [0.25, 0.3) is 0 Å². The molecule has 4 nitrogen and oxygen atoms in total. The zero-order valence-corrected chi connectivity index (χ0v) is 10.6. The third-order valence-corrected chi connectivity index (χ3v) is 2.93. The van der Waals surface area contributed by atoms with Crippen LogP contribution < -0.4 is 0 Å². The van der Waals surface area contributed by atoms with Gasteiger partial charge in [-0.1, -0.05) is 12.1 Å². The van der Waals surface area contributed by atoms with E-state index in [1.807, 2.05) is 0 Å². The fraction of sp³-hybridized carbons (Fsp3) is 0.143. The number of hydrogen-bond acceptors (Lipinski definition) is 2. The van der Waals surface area contributed by atoms with Crippen LogP contribution in [-0.2, 0) is 13.5 Å². The normalized spacial score (nSPS) is 10.6. The van der Waals surface area contributed by atoms with Crippen LogP contribution in [-0.4, -0.2) is 21.4 Å². The van der Waals surface area contributed by atoms with Gasteiger partial charge in [-0.3, -0.25) is 4.79 Å². The molecule has 0 aliphatic rings. The van der Waals surface area contributed by atoms with Crippen LogP contribution in [0.1, 0.15) is 26.4 Å². The van der Waals surface area contributed by atoms with Crippen LogP contribution in [0.25, 0.3) is 0 Å². The summed E-state index contributed by atoms with van der Waals surface area (Å²) in [5.74, 6) is -3.72. The summed E-state index contributed by atoms with van der Waals surface area (Å²) in [6.45, 7) is 0. The van der Waals surface area contributed by atoms with Gasteiger partial charge in [0.2, 0.25) is 0 Å². The van der Waals surface area contributed by atoms with E-state index in [9.17, 15) is 18.4 Å². The van der Waals surface area contributed by atoms with Gasteiger partial charge in [-0.05, 0) is 17.7 Å². The lowest BCUT2D eigenvalue weighted by molar-refractivity contribution is 0.0686. The standard InChI is InChI=1S/C14H11F2NO3/c1-17-7-9(5-11(17)14(19)20)12(18)6-8-3-2-4-10(15)13(8)16/h2-5,7H,6H2,1H3,(H,19,20). The molecule has 1 N–H and O–H groups in total. The maximum atomic E-state index is 13.5. The van der Waals surface area contributed by atoms with Gasteiger partial charge >= 0.3 is 5.97 Å². The number of aromatic carboxylic acids is 1. The summed E-state index contributed by atoms with van der Waals surface area (Å²) in [6, 6.07) is 4.81. The van der Waals surface area contributed by atoms with E-state index in [0.717, 1.165) is 6.07 Å². The van der Waals surface area contributed by atoms with Crippen molar-refractivity contribution in [3.8, 4) is 0 Å². The largest absolute Gasteiger partial charge is 0.477 e. The molecule has 20 heavy (non-hydrogen) atoms. The second-order valence-corrected chi connectivity index (χ2v) is 4.34. The molecule has 0 saturated heterocycles. The molecule has 0 fully saturated rings. The molecule has 2 aromatic rings. The summed E-state index contributed by atoms with van der Waals surface area (Å²) >= 11 is 0. The molecule has 6 heteroatoms. The highest BCUT2D eigenvalue weighted by molar-refractivity contribution is 5.99. The first-order chi connectivity index (χ1) is 9.40. The zero-order chi connectivity index (χ0) is 14.9. The molecule has 1 aromatic heterocycles. The summed E-state index contributed by atoms with van der Waals surface area (Å²) in [7, 11) is 1.49. The number of aryl methyl sites for hydroxylation is 1. The van der Waals surface area contributed by atoms with E-state index < -0.39 is 23.4 Å². The van der Waals surface area contributed by atoms with Crippen molar-refractivity contribution in [1.29, 1.82) is 0 Å². The van der Waals surface area contributed by atoms with Gasteiger partial charge in [0.15, 0.2) is 17.4 Å². The van der Waals surface area contributed by atoms with Gasteiger partial charge in [0, 0.05) is 25.2 Å². The number of rotatable bonds is 4. The third kappa shape index (κ3) is 2.59. The maximum Gasteiger partial charge on any atom is 0.352 e. The summed E-state index contributed by atoms with van der Waals surface area (Å²) in [5.41, 5.74) is 0.0392. The first-order valence-corrected chi connectivity index (χ1v) is 5.76. The molecule has 2 rings (SSSR count). The quantitative estimate of drug-likeness (QED) is 0.874. The van der Waals surface area contributed by atoms with Gasteiger partial charge in [0.05, 0.1) is 0 Å². The lowest BCUT2D eigenvalue weighted by atomic mass is 10.0. The predicted molar refractivity (Wildman–Crippen MR) is 66.8 cm³/mol. The SMILES string of the molecule is Cn1cc(C(=O)Cc2cccc(F)c2F)cc1C(=O)O. The molecule has 0 aliphatic carbocycles. The van der Waals surface area contributed by atoms with Crippen LogP contribution in [0, 0.1) is 11.6 Å². The lowest BCUT2D eigenvalue weighted by Crippen LogP contribution is -2.05. The highest BCUT2D eigenvalue weighted by Gasteiger charge is 2.17. The van der Waals surface area contributed by atoms with Crippen LogP contribution in [0.4, 0.5) is 8.78 Å². The monoisotopic (exact) mass is 279 g/mol.